The number of benzene rings is 3. The number of nitrogens with zero attached hydrogens (tertiary/aromatic N) is 3. The smallest absolute Gasteiger partial charge is 0.262 e. The Labute approximate surface area is 236 Å². The predicted octanol–water partition coefficient (Wildman–Crippen LogP) is 5.84. The summed E-state index contributed by atoms with van der Waals surface area (Å²) >= 11 is 7.41. The van der Waals surface area contributed by atoms with E-state index in [2.05, 4.69) is 10.3 Å². The molecular formula is C29H27ClN4O4S. The number of methoxy groups -OCH3 is 2. The third-order valence-electron chi connectivity index (χ3n) is 6.53. The van der Waals surface area contributed by atoms with Gasteiger partial charge in [-0.1, -0.05) is 71.4 Å². The summed E-state index contributed by atoms with van der Waals surface area (Å²) in [6.45, 7) is 2.04. The Bertz CT molecular complexity index is 1470. The minimum absolute atomic E-state index is 0.0366. The van der Waals surface area contributed by atoms with Crippen molar-refractivity contribution in [3.8, 4) is 11.5 Å². The van der Waals surface area contributed by atoms with Crippen LogP contribution in [0.25, 0.3) is 0 Å². The highest BCUT2D eigenvalue weighted by atomic mass is 35.5. The van der Waals surface area contributed by atoms with Crippen molar-refractivity contribution in [2.24, 2.45) is 10.1 Å². The Morgan fingerprint density at radius 2 is 1.82 bits per heavy atom. The zero-order valence-electron chi connectivity index (χ0n) is 21.7. The number of anilines is 1. The zero-order chi connectivity index (χ0) is 27.5. The zero-order valence-corrected chi connectivity index (χ0v) is 23.3. The SMILES string of the molecule is COc1ccc([C@H]2CC(c3ccc(C)cc3)=NN2C2=NC(=O)[C@@H](CC(=O)Nc3ccccc3Cl)S2)cc1OC. The Morgan fingerprint density at radius 1 is 1.08 bits per heavy atom. The van der Waals surface area contributed by atoms with Gasteiger partial charge in [-0.25, -0.2) is 5.01 Å². The van der Waals surface area contributed by atoms with Crippen LogP contribution in [0.4, 0.5) is 5.69 Å². The van der Waals surface area contributed by atoms with Crippen molar-refractivity contribution in [3.63, 3.8) is 0 Å². The van der Waals surface area contributed by atoms with Gasteiger partial charge in [-0.2, -0.15) is 10.1 Å². The highest BCUT2D eigenvalue weighted by Crippen LogP contribution is 2.41. The molecule has 8 nitrogen and oxygen atoms in total. The molecule has 3 aromatic rings. The molecule has 200 valence electrons. The number of nitrogens with one attached hydrogen (secondary N) is 1. The van der Waals surface area contributed by atoms with Crippen LogP contribution in [0, 0.1) is 6.92 Å². The van der Waals surface area contributed by atoms with Crippen molar-refractivity contribution < 1.29 is 19.1 Å². The Kier molecular flexibility index (Phi) is 7.90. The van der Waals surface area contributed by atoms with E-state index in [1.54, 1.807) is 43.5 Å². The van der Waals surface area contributed by atoms with Crippen LogP contribution in [0.2, 0.25) is 5.02 Å². The first-order valence-corrected chi connectivity index (χ1v) is 13.6. The van der Waals surface area contributed by atoms with Gasteiger partial charge in [0, 0.05) is 12.8 Å². The lowest BCUT2D eigenvalue weighted by atomic mass is 9.98. The second-order valence-electron chi connectivity index (χ2n) is 9.16. The fourth-order valence-electron chi connectivity index (χ4n) is 4.46. The van der Waals surface area contributed by atoms with E-state index in [0.29, 0.717) is 33.8 Å². The second-order valence-corrected chi connectivity index (χ2v) is 10.7. The first kappa shape index (κ1) is 26.8. The molecule has 1 N–H and O–H groups in total. The number of hydrogen-bond donors (Lipinski definition) is 1. The van der Waals surface area contributed by atoms with Crippen LogP contribution >= 0.6 is 23.4 Å². The standard InChI is InChI=1S/C29H27ClN4O4S/c1-17-8-10-18(11-9-17)22-15-23(19-12-13-24(37-2)25(14-19)38-3)34(33-22)29-32-28(36)26(39-29)16-27(35)31-21-7-5-4-6-20(21)30/h4-14,23,26H,15-16H2,1-3H3,(H,31,35)/t23-,26-/m1/s1. The minimum Gasteiger partial charge on any atom is -0.493 e. The van der Waals surface area contributed by atoms with Gasteiger partial charge in [0.15, 0.2) is 16.7 Å². The van der Waals surface area contributed by atoms with E-state index < -0.39 is 5.25 Å². The van der Waals surface area contributed by atoms with Crippen molar-refractivity contribution in [2.45, 2.75) is 31.1 Å². The molecular weight excluding hydrogens is 536 g/mol. The number of halogens is 1. The summed E-state index contributed by atoms with van der Waals surface area (Å²) in [6, 6.07) is 20.7. The molecule has 2 heterocycles. The van der Waals surface area contributed by atoms with E-state index in [0.717, 1.165) is 22.4 Å². The topological polar surface area (TPSA) is 92.6 Å². The van der Waals surface area contributed by atoms with Gasteiger partial charge in [-0.3, -0.25) is 9.59 Å². The Morgan fingerprint density at radius 3 is 2.54 bits per heavy atom. The fraction of sp³-hybridized carbons (Fsp3) is 0.241. The summed E-state index contributed by atoms with van der Waals surface area (Å²) in [5.74, 6) is 0.546. The molecule has 2 atom stereocenters. The number of amidine groups is 1. The normalized spacial score (nSPS) is 18.6. The molecule has 2 aliphatic rings. The van der Waals surface area contributed by atoms with E-state index in [1.807, 2.05) is 49.4 Å². The van der Waals surface area contributed by atoms with Crippen molar-refractivity contribution in [3.05, 3.63) is 88.4 Å². The van der Waals surface area contributed by atoms with Crippen LogP contribution in [0.15, 0.2) is 76.8 Å². The van der Waals surface area contributed by atoms with E-state index in [1.165, 1.54) is 11.8 Å². The number of aryl methyl sites for hydroxylation is 1. The summed E-state index contributed by atoms with van der Waals surface area (Å²) in [4.78, 5) is 29.9. The quantitative estimate of drug-likeness (QED) is 0.389. The number of aliphatic imine (C=N–C) groups is 1. The van der Waals surface area contributed by atoms with E-state index in [-0.39, 0.29) is 24.3 Å². The number of ether oxygens (including phenoxy) is 2. The van der Waals surface area contributed by atoms with Gasteiger partial charge >= 0.3 is 0 Å². The Hall–Kier alpha value is -3.82. The number of rotatable bonds is 7. The minimum atomic E-state index is -0.660. The van der Waals surface area contributed by atoms with Crippen LogP contribution in [0.5, 0.6) is 11.5 Å². The molecule has 0 saturated heterocycles. The van der Waals surface area contributed by atoms with Gasteiger partial charge < -0.3 is 14.8 Å². The molecule has 0 unspecified atom stereocenters. The molecule has 3 aromatic carbocycles. The summed E-state index contributed by atoms with van der Waals surface area (Å²) in [5, 5.41) is 9.70. The Balaban J connectivity index is 1.39. The van der Waals surface area contributed by atoms with E-state index in [9.17, 15) is 9.59 Å². The lowest BCUT2D eigenvalue weighted by Crippen LogP contribution is -2.25. The van der Waals surface area contributed by atoms with Gasteiger partial charge in [-0.05, 0) is 42.3 Å². The molecule has 0 radical (unpaired) electrons. The molecule has 0 aromatic heterocycles. The summed E-state index contributed by atoms with van der Waals surface area (Å²) in [7, 11) is 3.19. The van der Waals surface area contributed by atoms with Crippen molar-refractivity contribution in [2.75, 3.05) is 19.5 Å². The predicted molar refractivity (Wildman–Crippen MR) is 155 cm³/mol. The summed E-state index contributed by atoms with van der Waals surface area (Å²) in [5.41, 5.74) is 4.48. The van der Waals surface area contributed by atoms with E-state index >= 15 is 0 Å². The first-order chi connectivity index (χ1) is 18.9. The third kappa shape index (κ3) is 5.79. The fourth-order valence-corrected chi connectivity index (χ4v) is 5.71. The maximum Gasteiger partial charge on any atom is 0.262 e. The highest BCUT2D eigenvalue weighted by molar-refractivity contribution is 8.15. The van der Waals surface area contributed by atoms with E-state index in [4.69, 9.17) is 26.2 Å². The lowest BCUT2D eigenvalue weighted by Gasteiger charge is -2.24. The van der Waals surface area contributed by atoms with Crippen LogP contribution < -0.4 is 14.8 Å². The number of carbonyl (C=O) groups is 2. The van der Waals surface area contributed by atoms with Crippen molar-refractivity contribution in [1.29, 1.82) is 0 Å². The van der Waals surface area contributed by atoms with Crippen LogP contribution in [0.3, 0.4) is 0 Å². The van der Waals surface area contributed by atoms with Gasteiger partial charge in [0.2, 0.25) is 5.91 Å². The maximum absolute atomic E-state index is 12.9. The molecule has 0 fully saturated rings. The molecule has 0 saturated carbocycles. The molecule has 2 amide bonds. The molecule has 0 aliphatic carbocycles. The van der Waals surface area contributed by atoms with Crippen LogP contribution in [-0.4, -0.2) is 47.2 Å². The van der Waals surface area contributed by atoms with Gasteiger partial charge in [0.25, 0.3) is 5.91 Å². The maximum atomic E-state index is 12.9. The molecule has 10 heteroatoms. The number of para-hydroxylation sites is 1. The molecule has 0 spiro atoms. The lowest BCUT2D eigenvalue weighted by molar-refractivity contribution is -0.121. The van der Waals surface area contributed by atoms with Gasteiger partial charge in [0.1, 0.15) is 5.25 Å². The number of hydrogen-bond acceptors (Lipinski definition) is 7. The highest BCUT2D eigenvalue weighted by Gasteiger charge is 2.39. The number of thioether (sulfide) groups is 1. The van der Waals surface area contributed by atoms with Crippen molar-refractivity contribution >= 4 is 51.7 Å². The molecule has 2 aliphatic heterocycles. The average molecular weight is 563 g/mol. The molecule has 5 rings (SSSR count). The number of amides is 2. The number of hydrazone groups is 1. The van der Waals surface area contributed by atoms with Crippen molar-refractivity contribution in [1.82, 2.24) is 5.01 Å². The number of carbonyl (C=O) groups excluding carboxylic acids is 2. The second kappa shape index (κ2) is 11.5. The van der Waals surface area contributed by atoms with Gasteiger partial charge in [0.05, 0.1) is 36.7 Å². The van der Waals surface area contributed by atoms with Crippen LogP contribution in [-0.2, 0) is 9.59 Å². The monoisotopic (exact) mass is 562 g/mol. The third-order valence-corrected chi connectivity index (χ3v) is 8.00. The summed E-state index contributed by atoms with van der Waals surface area (Å²) < 4.78 is 10.9. The molecule has 39 heavy (non-hydrogen) atoms. The largest absolute Gasteiger partial charge is 0.493 e. The van der Waals surface area contributed by atoms with Gasteiger partial charge in [-0.15, -0.1) is 0 Å². The average Bonchev–Trinajstić information content (AvgIpc) is 3.54. The van der Waals surface area contributed by atoms with Crippen LogP contribution in [0.1, 0.15) is 35.6 Å². The first-order valence-electron chi connectivity index (χ1n) is 12.4. The summed E-state index contributed by atoms with van der Waals surface area (Å²) in [6.07, 6.45) is 0.565. The molecule has 0 bridgehead atoms.